The lowest BCUT2D eigenvalue weighted by molar-refractivity contribution is 0.0526. The first-order valence-corrected chi connectivity index (χ1v) is 11.1. The molecule has 0 amide bonds. The van der Waals surface area contributed by atoms with E-state index in [0.717, 1.165) is 60.6 Å². The van der Waals surface area contributed by atoms with Crippen molar-refractivity contribution >= 4 is 22.6 Å². The van der Waals surface area contributed by atoms with Crippen LogP contribution in [0.5, 0.6) is 0 Å². The molecule has 1 aliphatic rings. The second-order valence-electron chi connectivity index (χ2n) is 8.07. The first-order chi connectivity index (χ1) is 16.1. The highest BCUT2D eigenvalue weighted by atomic mass is 16.5. The summed E-state index contributed by atoms with van der Waals surface area (Å²) in [5.41, 5.74) is 2.65. The number of hydrogen-bond acceptors (Lipinski definition) is 8. The average molecular weight is 447 g/mol. The molecule has 1 aromatic carbocycles. The van der Waals surface area contributed by atoms with Crippen molar-refractivity contribution in [2.75, 3.05) is 31.6 Å². The van der Waals surface area contributed by atoms with Gasteiger partial charge in [0.2, 0.25) is 11.7 Å². The van der Waals surface area contributed by atoms with E-state index in [4.69, 9.17) is 9.26 Å². The first-order valence-electron chi connectivity index (χ1n) is 11.1. The Kier molecular flexibility index (Phi) is 5.78. The Labute approximate surface area is 191 Å². The standard InChI is InChI=1S/C24H26N6O3/c1-3-32-24(31)19-12-20-15-29(10-11-30(20)14-19)9-8-26-23-21-13-18(22-27-16(2)33-28-22)5-4-17(21)6-7-25-23/h4-7,12-14H,3,8-11,15H2,1-2H3,(H,25,26). The van der Waals surface area contributed by atoms with Crippen molar-refractivity contribution in [3.8, 4) is 11.4 Å². The number of rotatable bonds is 7. The summed E-state index contributed by atoms with van der Waals surface area (Å²) in [6.07, 6.45) is 3.71. The van der Waals surface area contributed by atoms with Gasteiger partial charge in [-0.15, -0.1) is 0 Å². The third-order valence-corrected chi connectivity index (χ3v) is 5.81. The summed E-state index contributed by atoms with van der Waals surface area (Å²) in [6.45, 7) is 8.18. The summed E-state index contributed by atoms with van der Waals surface area (Å²) in [7, 11) is 0. The number of hydrogen-bond donors (Lipinski definition) is 1. The van der Waals surface area contributed by atoms with Crippen LogP contribution in [0.2, 0.25) is 0 Å². The molecular weight excluding hydrogens is 420 g/mol. The van der Waals surface area contributed by atoms with Crippen molar-refractivity contribution in [1.82, 2.24) is 24.6 Å². The van der Waals surface area contributed by atoms with Crippen LogP contribution in [0.4, 0.5) is 5.82 Å². The molecule has 5 rings (SSSR count). The highest BCUT2D eigenvalue weighted by Gasteiger charge is 2.20. The molecule has 0 spiro atoms. The van der Waals surface area contributed by atoms with Crippen LogP contribution in [-0.4, -0.2) is 56.8 Å². The summed E-state index contributed by atoms with van der Waals surface area (Å²) in [5.74, 6) is 1.68. The van der Waals surface area contributed by atoms with E-state index in [1.807, 2.05) is 49.6 Å². The number of ether oxygens (including phenoxy) is 1. The lowest BCUT2D eigenvalue weighted by Gasteiger charge is -2.28. The monoisotopic (exact) mass is 446 g/mol. The molecule has 0 radical (unpaired) electrons. The lowest BCUT2D eigenvalue weighted by atomic mass is 10.1. The van der Waals surface area contributed by atoms with Crippen molar-refractivity contribution in [2.24, 2.45) is 0 Å². The number of aromatic nitrogens is 4. The molecule has 4 aromatic rings. The van der Waals surface area contributed by atoms with Crippen molar-refractivity contribution in [1.29, 1.82) is 0 Å². The van der Waals surface area contributed by atoms with Crippen LogP contribution in [-0.2, 0) is 17.8 Å². The van der Waals surface area contributed by atoms with E-state index in [0.29, 0.717) is 23.9 Å². The normalized spacial score (nSPS) is 13.8. The number of pyridine rings is 1. The second-order valence-corrected chi connectivity index (χ2v) is 8.07. The number of esters is 1. The molecule has 0 atom stereocenters. The van der Waals surface area contributed by atoms with Crippen LogP contribution in [0.1, 0.15) is 28.9 Å². The predicted octanol–water partition coefficient (Wildman–Crippen LogP) is 3.50. The number of benzene rings is 1. The molecule has 1 aliphatic heterocycles. The van der Waals surface area contributed by atoms with E-state index in [1.165, 1.54) is 0 Å². The van der Waals surface area contributed by atoms with Gasteiger partial charge in [0, 0.05) is 68.7 Å². The summed E-state index contributed by atoms with van der Waals surface area (Å²) >= 11 is 0. The van der Waals surface area contributed by atoms with Crippen LogP contribution >= 0.6 is 0 Å². The lowest BCUT2D eigenvalue weighted by Crippen LogP contribution is -2.36. The molecule has 9 nitrogen and oxygen atoms in total. The van der Waals surface area contributed by atoms with Crippen LogP contribution in [0.15, 0.2) is 47.2 Å². The number of carbonyl (C=O) groups is 1. The minimum absolute atomic E-state index is 0.259. The molecule has 1 N–H and O–H groups in total. The van der Waals surface area contributed by atoms with Crippen LogP contribution in [0.25, 0.3) is 22.2 Å². The summed E-state index contributed by atoms with van der Waals surface area (Å²) < 4.78 is 12.4. The fourth-order valence-corrected chi connectivity index (χ4v) is 4.17. The maximum Gasteiger partial charge on any atom is 0.339 e. The van der Waals surface area contributed by atoms with Gasteiger partial charge >= 0.3 is 5.97 Å². The van der Waals surface area contributed by atoms with Gasteiger partial charge in [-0.1, -0.05) is 17.3 Å². The largest absolute Gasteiger partial charge is 0.462 e. The van der Waals surface area contributed by atoms with E-state index in [9.17, 15) is 4.79 Å². The Balaban J connectivity index is 1.25. The van der Waals surface area contributed by atoms with Crippen molar-refractivity contribution in [3.63, 3.8) is 0 Å². The Morgan fingerprint density at radius 1 is 1.24 bits per heavy atom. The van der Waals surface area contributed by atoms with Gasteiger partial charge in [0.15, 0.2) is 0 Å². The molecule has 33 heavy (non-hydrogen) atoms. The maximum absolute atomic E-state index is 12.0. The fourth-order valence-electron chi connectivity index (χ4n) is 4.17. The van der Waals surface area contributed by atoms with Gasteiger partial charge in [-0.05, 0) is 30.5 Å². The van der Waals surface area contributed by atoms with Gasteiger partial charge in [-0.2, -0.15) is 4.98 Å². The van der Waals surface area contributed by atoms with Gasteiger partial charge in [0.1, 0.15) is 5.82 Å². The molecule has 3 aromatic heterocycles. The summed E-state index contributed by atoms with van der Waals surface area (Å²) in [5, 5.41) is 9.62. The summed E-state index contributed by atoms with van der Waals surface area (Å²) in [4.78, 5) is 23.3. The smallest absolute Gasteiger partial charge is 0.339 e. The van der Waals surface area contributed by atoms with Gasteiger partial charge in [-0.3, -0.25) is 4.90 Å². The van der Waals surface area contributed by atoms with E-state index in [2.05, 4.69) is 29.9 Å². The third kappa shape index (κ3) is 4.45. The first kappa shape index (κ1) is 21.1. The minimum atomic E-state index is -0.259. The van der Waals surface area contributed by atoms with Gasteiger partial charge < -0.3 is 19.1 Å². The fraction of sp³-hybridized carbons (Fsp3) is 0.333. The van der Waals surface area contributed by atoms with Crippen molar-refractivity contribution < 1.29 is 14.1 Å². The Morgan fingerprint density at radius 3 is 2.97 bits per heavy atom. The number of anilines is 1. The topological polar surface area (TPSA) is 98.3 Å². The van der Waals surface area contributed by atoms with Crippen molar-refractivity contribution in [3.05, 3.63) is 59.9 Å². The van der Waals surface area contributed by atoms with Gasteiger partial charge in [0.05, 0.1) is 12.2 Å². The molecule has 0 fully saturated rings. The molecule has 0 saturated heterocycles. The number of nitrogens with one attached hydrogen (secondary N) is 1. The zero-order valence-corrected chi connectivity index (χ0v) is 18.7. The van der Waals surface area contributed by atoms with Crippen molar-refractivity contribution in [2.45, 2.75) is 26.9 Å². The van der Waals surface area contributed by atoms with Crippen LogP contribution in [0, 0.1) is 6.92 Å². The van der Waals surface area contributed by atoms with E-state index >= 15 is 0 Å². The number of nitrogens with zero attached hydrogens (tertiary/aromatic N) is 5. The molecule has 0 bridgehead atoms. The average Bonchev–Trinajstić information content (AvgIpc) is 3.45. The summed E-state index contributed by atoms with van der Waals surface area (Å²) in [6, 6.07) is 10.0. The highest BCUT2D eigenvalue weighted by Crippen LogP contribution is 2.26. The van der Waals surface area contributed by atoms with Gasteiger partial charge in [0.25, 0.3) is 0 Å². The molecule has 0 unspecified atom stereocenters. The van der Waals surface area contributed by atoms with Gasteiger partial charge in [-0.25, -0.2) is 9.78 Å². The quantitative estimate of drug-likeness (QED) is 0.431. The number of aryl methyl sites for hydroxylation is 1. The SMILES string of the molecule is CCOC(=O)c1cc2n(c1)CCN(CCNc1nccc3ccc(-c4noc(C)n4)cc13)C2. The molecule has 9 heteroatoms. The number of carbonyl (C=O) groups excluding carboxylic acids is 1. The Bertz CT molecular complexity index is 1290. The molecular formula is C24H26N6O3. The highest BCUT2D eigenvalue weighted by molar-refractivity contribution is 5.94. The third-order valence-electron chi connectivity index (χ3n) is 5.81. The Hall–Kier alpha value is -3.72. The zero-order chi connectivity index (χ0) is 22.8. The number of fused-ring (bicyclic) bond motifs is 2. The Morgan fingerprint density at radius 2 is 2.15 bits per heavy atom. The van der Waals surface area contributed by atoms with Crippen LogP contribution < -0.4 is 5.32 Å². The molecule has 4 heterocycles. The van der Waals surface area contributed by atoms with E-state index < -0.39 is 0 Å². The molecule has 0 aliphatic carbocycles. The second kappa shape index (κ2) is 9.03. The van der Waals surface area contributed by atoms with E-state index in [-0.39, 0.29) is 5.97 Å². The molecule has 170 valence electrons. The van der Waals surface area contributed by atoms with Crippen LogP contribution in [0.3, 0.4) is 0 Å². The maximum atomic E-state index is 12.0. The minimum Gasteiger partial charge on any atom is -0.462 e. The van der Waals surface area contributed by atoms with E-state index in [1.54, 1.807) is 6.92 Å². The molecule has 0 saturated carbocycles. The zero-order valence-electron chi connectivity index (χ0n) is 18.7. The predicted molar refractivity (Wildman–Crippen MR) is 124 cm³/mol.